The maximum Gasteiger partial charge on any atom is 0.288 e. The normalized spacial score (nSPS) is 20.9. The highest BCUT2D eigenvalue weighted by Crippen LogP contribution is 2.36. The fraction of sp³-hybridized carbons (Fsp3) is 0.348. The number of nitrogens with zero attached hydrogens (tertiary/aromatic N) is 2. The number of halogens is 1. The molecule has 2 aromatic rings. The maximum atomic E-state index is 13.5. The van der Waals surface area contributed by atoms with Crippen molar-refractivity contribution in [2.45, 2.75) is 31.3 Å². The predicted molar refractivity (Wildman–Crippen MR) is 110 cm³/mol. The van der Waals surface area contributed by atoms with E-state index in [0.717, 1.165) is 37.9 Å². The summed E-state index contributed by atoms with van der Waals surface area (Å²) >= 11 is 0. The zero-order valence-corrected chi connectivity index (χ0v) is 16.0. The molecule has 2 aliphatic heterocycles. The highest BCUT2D eigenvalue weighted by Gasteiger charge is 2.34. The van der Waals surface area contributed by atoms with Gasteiger partial charge in [-0.2, -0.15) is 0 Å². The Morgan fingerprint density at radius 2 is 2.04 bits per heavy atom. The Bertz CT molecular complexity index is 849. The number of rotatable bonds is 6. The number of fused-ring (bicyclic) bond motifs is 1. The first kappa shape index (κ1) is 18.5. The van der Waals surface area contributed by atoms with E-state index in [1.165, 1.54) is 23.3 Å². The first-order valence-electron chi connectivity index (χ1n) is 9.91. The average Bonchev–Trinajstić information content (AvgIpc) is 3.20. The monoisotopic (exact) mass is 379 g/mol. The summed E-state index contributed by atoms with van der Waals surface area (Å²) < 4.78 is 19.5. The van der Waals surface area contributed by atoms with Crippen LogP contribution in [-0.4, -0.2) is 36.7 Å². The van der Waals surface area contributed by atoms with Gasteiger partial charge in [-0.1, -0.05) is 43.0 Å². The Hall–Kier alpha value is -2.82. The second-order valence-electron chi connectivity index (χ2n) is 7.27. The van der Waals surface area contributed by atoms with Crippen LogP contribution in [-0.2, 0) is 11.2 Å². The van der Waals surface area contributed by atoms with Crippen LogP contribution in [0.2, 0.25) is 0 Å². The third-order valence-electron chi connectivity index (χ3n) is 5.42. The van der Waals surface area contributed by atoms with Crippen LogP contribution >= 0.6 is 0 Å². The molecular formula is C23H26FN3O. The van der Waals surface area contributed by atoms with Gasteiger partial charge < -0.3 is 15.0 Å². The maximum absolute atomic E-state index is 13.5. The van der Waals surface area contributed by atoms with E-state index in [1.54, 1.807) is 6.20 Å². The van der Waals surface area contributed by atoms with Crippen molar-refractivity contribution in [2.24, 2.45) is 4.99 Å². The van der Waals surface area contributed by atoms with Gasteiger partial charge in [0.15, 0.2) is 0 Å². The minimum Gasteiger partial charge on any atom is -0.463 e. The summed E-state index contributed by atoms with van der Waals surface area (Å²) in [5, 5.41) is 3.12. The van der Waals surface area contributed by atoms with Gasteiger partial charge in [0.25, 0.3) is 6.02 Å². The molecule has 0 saturated heterocycles. The summed E-state index contributed by atoms with van der Waals surface area (Å²) in [4.78, 5) is 7.10. The molecule has 0 unspecified atom stereocenters. The molecule has 146 valence electrons. The first-order chi connectivity index (χ1) is 13.8. The fourth-order valence-corrected chi connectivity index (χ4v) is 4.03. The summed E-state index contributed by atoms with van der Waals surface area (Å²) in [5.41, 5.74) is 3.63. The third kappa shape index (κ3) is 3.88. The summed E-state index contributed by atoms with van der Waals surface area (Å²) in [6.07, 6.45) is 4.68. The Morgan fingerprint density at radius 1 is 1.21 bits per heavy atom. The van der Waals surface area contributed by atoms with Crippen LogP contribution in [0.3, 0.4) is 0 Å². The van der Waals surface area contributed by atoms with Crippen molar-refractivity contribution in [3.05, 3.63) is 83.8 Å². The van der Waals surface area contributed by atoms with Crippen molar-refractivity contribution in [1.29, 1.82) is 0 Å². The largest absolute Gasteiger partial charge is 0.463 e. The number of ether oxygens (including phenoxy) is 1. The molecule has 0 fully saturated rings. The van der Waals surface area contributed by atoms with Crippen LogP contribution in [0.15, 0.2) is 66.3 Å². The standard InChI is InChI=1S/C23H26FN3O/c1-2-25-14-5-7-20-16-28-23(26-20)27-15-13-17-6-3-4-8-21(17)22(27)18-9-11-19(24)12-10-18/h2-4,6,8-12,20,22,25H,1,5,7,13-16H2/t20-,22-/m0/s1. The molecule has 4 rings (SSSR count). The Morgan fingerprint density at radius 3 is 2.86 bits per heavy atom. The molecule has 0 aliphatic carbocycles. The van der Waals surface area contributed by atoms with Crippen LogP contribution < -0.4 is 5.32 Å². The molecule has 0 spiro atoms. The van der Waals surface area contributed by atoms with Crippen molar-refractivity contribution < 1.29 is 9.13 Å². The third-order valence-corrected chi connectivity index (χ3v) is 5.42. The highest BCUT2D eigenvalue weighted by atomic mass is 19.1. The van der Waals surface area contributed by atoms with Gasteiger partial charge in [0.2, 0.25) is 0 Å². The molecule has 2 heterocycles. The second-order valence-corrected chi connectivity index (χ2v) is 7.27. The van der Waals surface area contributed by atoms with Crippen LogP contribution in [0.1, 0.15) is 35.6 Å². The SMILES string of the molecule is C=CNCCC[C@H]1COC(N2CCc3ccccc3[C@@H]2c2ccc(F)cc2)=N1. The number of nitrogens with one attached hydrogen (secondary N) is 1. The predicted octanol–water partition coefficient (Wildman–Crippen LogP) is 4.04. The van der Waals surface area contributed by atoms with E-state index in [1.807, 2.05) is 12.1 Å². The lowest BCUT2D eigenvalue weighted by Gasteiger charge is -2.38. The van der Waals surface area contributed by atoms with Gasteiger partial charge in [-0.05, 0) is 54.3 Å². The van der Waals surface area contributed by atoms with E-state index in [4.69, 9.17) is 9.73 Å². The molecule has 2 atom stereocenters. The lowest BCUT2D eigenvalue weighted by atomic mass is 9.88. The topological polar surface area (TPSA) is 36.9 Å². The van der Waals surface area contributed by atoms with Crippen molar-refractivity contribution in [2.75, 3.05) is 19.7 Å². The van der Waals surface area contributed by atoms with E-state index in [9.17, 15) is 4.39 Å². The molecule has 28 heavy (non-hydrogen) atoms. The van der Waals surface area contributed by atoms with Crippen molar-refractivity contribution in [1.82, 2.24) is 10.2 Å². The Labute approximate surface area is 165 Å². The van der Waals surface area contributed by atoms with Crippen LogP contribution in [0.4, 0.5) is 4.39 Å². The van der Waals surface area contributed by atoms with Gasteiger partial charge in [-0.3, -0.25) is 0 Å². The van der Waals surface area contributed by atoms with Crippen molar-refractivity contribution in [3.63, 3.8) is 0 Å². The molecule has 0 aromatic heterocycles. The molecule has 2 aliphatic rings. The Balaban J connectivity index is 1.59. The molecule has 0 radical (unpaired) electrons. The number of aliphatic imine (C=N–C) groups is 1. The number of hydrogen-bond donors (Lipinski definition) is 1. The second kappa shape index (κ2) is 8.46. The summed E-state index contributed by atoms with van der Waals surface area (Å²) in [5.74, 6) is -0.220. The minimum absolute atomic E-state index is 0.00881. The molecular weight excluding hydrogens is 353 g/mol. The van der Waals surface area contributed by atoms with E-state index in [2.05, 4.69) is 41.1 Å². The molecule has 4 nitrogen and oxygen atoms in total. The summed E-state index contributed by atoms with van der Waals surface area (Å²) in [7, 11) is 0. The lowest BCUT2D eigenvalue weighted by Crippen LogP contribution is -2.40. The smallest absolute Gasteiger partial charge is 0.288 e. The van der Waals surface area contributed by atoms with E-state index < -0.39 is 0 Å². The quantitative estimate of drug-likeness (QED) is 0.770. The molecule has 1 N–H and O–H groups in total. The lowest BCUT2D eigenvalue weighted by molar-refractivity contribution is 0.222. The van der Waals surface area contributed by atoms with E-state index in [0.29, 0.717) is 12.6 Å². The number of amidine groups is 1. The molecule has 5 heteroatoms. The number of hydrogen-bond acceptors (Lipinski definition) is 4. The molecule has 2 aromatic carbocycles. The first-order valence-corrected chi connectivity index (χ1v) is 9.91. The van der Waals surface area contributed by atoms with Gasteiger partial charge in [-0.25, -0.2) is 9.38 Å². The number of benzene rings is 2. The van der Waals surface area contributed by atoms with Gasteiger partial charge in [-0.15, -0.1) is 0 Å². The zero-order chi connectivity index (χ0) is 19.3. The Kier molecular flexibility index (Phi) is 5.60. The van der Waals surface area contributed by atoms with Gasteiger partial charge in [0.05, 0.1) is 12.1 Å². The van der Waals surface area contributed by atoms with Crippen LogP contribution in [0.5, 0.6) is 0 Å². The van der Waals surface area contributed by atoms with E-state index in [-0.39, 0.29) is 17.9 Å². The van der Waals surface area contributed by atoms with Gasteiger partial charge >= 0.3 is 0 Å². The molecule has 0 saturated carbocycles. The summed E-state index contributed by atoms with van der Waals surface area (Å²) in [6, 6.07) is 16.1. The summed E-state index contributed by atoms with van der Waals surface area (Å²) in [6.45, 7) is 6.03. The zero-order valence-electron chi connectivity index (χ0n) is 16.0. The highest BCUT2D eigenvalue weighted by molar-refractivity contribution is 5.77. The van der Waals surface area contributed by atoms with Crippen molar-refractivity contribution in [3.8, 4) is 0 Å². The molecule has 0 amide bonds. The molecule has 0 bridgehead atoms. The van der Waals surface area contributed by atoms with Gasteiger partial charge in [0, 0.05) is 13.1 Å². The van der Waals surface area contributed by atoms with Crippen molar-refractivity contribution >= 4 is 6.02 Å². The van der Waals surface area contributed by atoms with Crippen LogP contribution in [0, 0.1) is 5.82 Å². The fourth-order valence-electron chi connectivity index (χ4n) is 4.03. The minimum atomic E-state index is -0.220. The van der Waals surface area contributed by atoms with Gasteiger partial charge in [0.1, 0.15) is 12.4 Å². The average molecular weight is 379 g/mol. The van der Waals surface area contributed by atoms with E-state index >= 15 is 0 Å². The van der Waals surface area contributed by atoms with Crippen LogP contribution in [0.25, 0.3) is 0 Å².